The van der Waals surface area contributed by atoms with Crippen LogP contribution in [0.15, 0.2) is 52.2 Å². The fourth-order valence-electron chi connectivity index (χ4n) is 1.55. The van der Waals surface area contributed by atoms with E-state index in [0.29, 0.717) is 13.2 Å². The van der Waals surface area contributed by atoms with E-state index in [1.54, 1.807) is 25.4 Å². The highest BCUT2D eigenvalue weighted by Crippen LogP contribution is 2.00. The molecule has 116 valence electrons. The van der Waals surface area contributed by atoms with Gasteiger partial charge in [0.15, 0.2) is 5.76 Å². The monoisotopic (exact) mass is 303 g/mol. The van der Waals surface area contributed by atoms with Crippen LogP contribution in [-0.4, -0.2) is 37.2 Å². The van der Waals surface area contributed by atoms with E-state index in [1.807, 2.05) is 18.2 Å². The summed E-state index contributed by atoms with van der Waals surface area (Å²) in [6.07, 6.45) is 3.10. The lowest BCUT2D eigenvalue weighted by atomic mass is 10.3. The van der Waals surface area contributed by atoms with Gasteiger partial charge in [0.05, 0.1) is 25.1 Å². The van der Waals surface area contributed by atoms with Gasteiger partial charge in [-0.2, -0.15) is 0 Å². The topological polar surface area (TPSA) is 86.0 Å². The minimum Gasteiger partial charge on any atom is -0.463 e. The number of nitrogens with one attached hydrogen (secondary N) is 1. The standard InChI is InChI=1S/C15H17N3O4/c1-20-9-10-22-15(17-11-12-5-2-3-7-16-12)18-14(19)13-6-4-8-21-13/h2-8H,9-11H2,1H3,(H,17,18,19). The lowest BCUT2D eigenvalue weighted by molar-refractivity contribution is 0.0927. The molecule has 0 atom stereocenters. The molecule has 0 saturated heterocycles. The van der Waals surface area contributed by atoms with Gasteiger partial charge in [-0.25, -0.2) is 4.99 Å². The molecule has 0 aliphatic carbocycles. The molecule has 0 spiro atoms. The SMILES string of the molecule is COCCOC(=NCc1ccccn1)NC(=O)c1ccco1. The number of hydrogen-bond acceptors (Lipinski definition) is 6. The summed E-state index contributed by atoms with van der Waals surface area (Å²) in [7, 11) is 1.56. The van der Waals surface area contributed by atoms with E-state index < -0.39 is 5.91 Å². The molecule has 2 aromatic heterocycles. The van der Waals surface area contributed by atoms with Gasteiger partial charge in [0.25, 0.3) is 11.9 Å². The van der Waals surface area contributed by atoms with E-state index >= 15 is 0 Å². The van der Waals surface area contributed by atoms with Gasteiger partial charge >= 0.3 is 0 Å². The fraction of sp³-hybridized carbons (Fsp3) is 0.267. The van der Waals surface area contributed by atoms with Crippen molar-refractivity contribution in [3.05, 3.63) is 54.2 Å². The molecule has 1 N–H and O–H groups in total. The largest absolute Gasteiger partial charge is 0.463 e. The number of aromatic nitrogens is 1. The zero-order chi connectivity index (χ0) is 15.6. The first-order valence-electron chi connectivity index (χ1n) is 6.70. The summed E-state index contributed by atoms with van der Waals surface area (Å²) in [5, 5.41) is 2.56. The van der Waals surface area contributed by atoms with E-state index in [1.165, 1.54) is 6.26 Å². The number of carbonyl (C=O) groups is 1. The minimum atomic E-state index is -0.429. The molecular weight excluding hydrogens is 286 g/mol. The van der Waals surface area contributed by atoms with Crippen molar-refractivity contribution in [3.8, 4) is 0 Å². The molecule has 0 aliphatic rings. The summed E-state index contributed by atoms with van der Waals surface area (Å²) >= 11 is 0. The van der Waals surface area contributed by atoms with Crippen molar-refractivity contribution < 1.29 is 18.7 Å². The number of aliphatic imine (C=N–C) groups is 1. The van der Waals surface area contributed by atoms with Crippen LogP contribution >= 0.6 is 0 Å². The van der Waals surface area contributed by atoms with E-state index in [-0.39, 0.29) is 18.4 Å². The first kappa shape index (κ1) is 15.7. The molecule has 0 aliphatic heterocycles. The number of rotatable bonds is 6. The van der Waals surface area contributed by atoms with Gasteiger partial charge in [-0.3, -0.25) is 15.1 Å². The smallest absolute Gasteiger partial charge is 0.294 e. The van der Waals surface area contributed by atoms with Gasteiger partial charge in [0.1, 0.15) is 6.61 Å². The van der Waals surface area contributed by atoms with Gasteiger partial charge in [0, 0.05) is 13.3 Å². The van der Waals surface area contributed by atoms with Crippen LogP contribution in [0.3, 0.4) is 0 Å². The number of pyridine rings is 1. The third kappa shape index (κ3) is 5.02. The van der Waals surface area contributed by atoms with Gasteiger partial charge < -0.3 is 13.9 Å². The number of nitrogens with zero attached hydrogens (tertiary/aromatic N) is 2. The summed E-state index contributed by atoms with van der Waals surface area (Å²) in [5.41, 5.74) is 0.766. The highest BCUT2D eigenvalue weighted by atomic mass is 16.5. The Balaban J connectivity index is 2.00. The molecule has 1 amide bonds. The second kappa shape index (κ2) is 8.58. The maximum Gasteiger partial charge on any atom is 0.294 e. The van der Waals surface area contributed by atoms with Crippen LogP contribution in [0, 0.1) is 0 Å². The highest BCUT2D eigenvalue weighted by Gasteiger charge is 2.12. The molecule has 22 heavy (non-hydrogen) atoms. The van der Waals surface area contributed by atoms with Crippen LogP contribution in [-0.2, 0) is 16.0 Å². The number of methoxy groups -OCH3 is 1. The normalized spacial score (nSPS) is 11.2. The number of ether oxygens (including phenoxy) is 2. The third-order valence-corrected chi connectivity index (χ3v) is 2.60. The minimum absolute atomic E-state index is 0.101. The van der Waals surface area contributed by atoms with Crippen molar-refractivity contribution >= 4 is 11.9 Å². The van der Waals surface area contributed by atoms with Crippen LogP contribution in [0.2, 0.25) is 0 Å². The molecule has 0 unspecified atom stereocenters. The second-order valence-electron chi connectivity index (χ2n) is 4.22. The van der Waals surface area contributed by atoms with Crippen LogP contribution in [0.1, 0.15) is 16.2 Å². The Morgan fingerprint density at radius 3 is 2.91 bits per heavy atom. The van der Waals surface area contributed by atoms with Crippen LogP contribution in [0.4, 0.5) is 0 Å². The Hall–Kier alpha value is -2.67. The van der Waals surface area contributed by atoms with Crippen LogP contribution in [0.25, 0.3) is 0 Å². The molecule has 2 heterocycles. The van der Waals surface area contributed by atoms with Crippen molar-refractivity contribution in [1.29, 1.82) is 0 Å². The molecule has 0 aromatic carbocycles. The highest BCUT2D eigenvalue weighted by molar-refractivity contribution is 6.02. The van der Waals surface area contributed by atoms with Crippen molar-refractivity contribution in [2.24, 2.45) is 4.99 Å². The Kier molecular flexibility index (Phi) is 6.13. The maximum atomic E-state index is 11.9. The zero-order valence-corrected chi connectivity index (χ0v) is 12.2. The van der Waals surface area contributed by atoms with Crippen molar-refractivity contribution in [3.63, 3.8) is 0 Å². The van der Waals surface area contributed by atoms with Crippen molar-refractivity contribution in [1.82, 2.24) is 10.3 Å². The van der Waals surface area contributed by atoms with E-state index in [9.17, 15) is 4.79 Å². The fourth-order valence-corrected chi connectivity index (χ4v) is 1.55. The predicted molar refractivity (Wildman–Crippen MR) is 79.4 cm³/mol. The molecular formula is C15H17N3O4. The summed E-state index contributed by atoms with van der Waals surface area (Å²) in [6, 6.07) is 8.81. The Labute approximate surface area is 128 Å². The molecule has 7 heteroatoms. The summed E-state index contributed by atoms with van der Waals surface area (Å²) < 4.78 is 15.3. The first-order valence-corrected chi connectivity index (χ1v) is 6.70. The van der Waals surface area contributed by atoms with Crippen LogP contribution in [0.5, 0.6) is 0 Å². The van der Waals surface area contributed by atoms with Gasteiger partial charge in [-0.1, -0.05) is 6.07 Å². The molecule has 0 radical (unpaired) electrons. The Morgan fingerprint density at radius 2 is 2.23 bits per heavy atom. The number of amides is 1. The predicted octanol–water partition coefficient (Wildman–Crippen LogP) is 1.62. The van der Waals surface area contributed by atoms with Crippen molar-refractivity contribution in [2.45, 2.75) is 6.54 Å². The van der Waals surface area contributed by atoms with E-state index in [2.05, 4.69) is 15.3 Å². The Bertz CT molecular complexity index is 597. The first-order chi connectivity index (χ1) is 10.8. The van der Waals surface area contributed by atoms with E-state index in [4.69, 9.17) is 13.9 Å². The lowest BCUT2D eigenvalue weighted by Crippen LogP contribution is -2.33. The molecule has 0 fully saturated rings. The number of amidine groups is 1. The third-order valence-electron chi connectivity index (χ3n) is 2.60. The lowest BCUT2D eigenvalue weighted by Gasteiger charge is -2.09. The van der Waals surface area contributed by atoms with Gasteiger partial charge in [-0.05, 0) is 24.3 Å². The van der Waals surface area contributed by atoms with Crippen molar-refractivity contribution in [2.75, 3.05) is 20.3 Å². The van der Waals surface area contributed by atoms with E-state index in [0.717, 1.165) is 5.69 Å². The molecule has 0 saturated carbocycles. The molecule has 2 aromatic rings. The van der Waals surface area contributed by atoms with Gasteiger partial charge in [-0.15, -0.1) is 0 Å². The zero-order valence-electron chi connectivity index (χ0n) is 12.2. The number of hydrogen-bond donors (Lipinski definition) is 1. The summed E-state index contributed by atoms with van der Waals surface area (Å²) in [5.74, 6) is -0.247. The molecule has 7 nitrogen and oxygen atoms in total. The molecule has 0 bridgehead atoms. The van der Waals surface area contributed by atoms with Crippen LogP contribution < -0.4 is 5.32 Å². The summed E-state index contributed by atoms with van der Waals surface area (Å²) in [6.45, 7) is 0.955. The average molecular weight is 303 g/mol. The molecule has 2 rings (SSSR count). The Morgan fingerprint density at radius 1 is 1.32 bits per heavy atom. The number of furan rings is 1. The number of carbonyl (C=O) groups excluding carboxylic acids is 1. The summed E-state index contributed by atoms with van der Waals surface area (Å²) in [4.78, 5) is 20.3. The second-order valence-corrected chi connectivity index (χ2v) is 4.22. The quantitative estimate of drug-likeness (QED) is 0.498. The average Bonchev–Trinajstić information content (AvgIpc) is 3.08. The van der Waals surface area contributed by atoms with Gasteiger partial charge in [0.2, 0.25) is 0 Å². The maximum absolute atomic E-state index is 11.9.